The van der Waals surface area contributed by atoms with Gasteiger partial charge in [-0.3, -0.25) is 0 Å². The summed E-state index contributed by atoms with van der Waals surface area (Å²) in [7, 11) is 0. The topological polar surface area (TPSA) is 97.0 Å². The lowest BCUT2D eigenvalue weighted by molar-refractivity contribution is -0.274. The molecule has 1 heterocycles. The lowest BCUT2D eigenvalue weighted by Crippen LogP contribution is -2.33. The Hall–Kier alpha value is -3.33. The fourth-order valence-corrected chi connectivity index (χ4v) is 2.53. The Morgan fingerprint density at radius 1 is 1.11 bits per heavy atom. The number of benzene rings is 2. The number of carbonyl (C=O) groups is 1. The van der Waals surface area contributed by atoms with Gasteiger partial charge in [-0.2, -0.15) is 13.2 Å². The molecule has 0 spiro atoms. The van der Waals surface area contributed by atoms with E-state index in [1.165, 1.54) is 30.3 Å². The average Bonchev–Trinajstić information content (AvgIpc) is 2.64. The molecule has 9 heteroatoms. The van der Waals surface area contributed by atoms with Crippen LogP contribution < -0.4 is 5.63 Å². The monoisotopic (exact) mass is 394 g/mol. The minimum absolute atomic E-state index is 0.00141. The molecule has 0 saturated carbocycles. The van der Waals surface area contributed by atoms with E-state index in [1.807, 2.05) is 0 Å². The fourth-order valence-electron chi connectivity index (χ4n) is 2.53. The molecule has 28 heavy (non-hydrogen) atoms. The van der Waals surface area contributed by atoms with E-state index in [0.29, 0.717) is 10.9 Å². The van der Waals surface area contributed by atoms with Crippen LogP contribution in [0.4, 0.5) is 13.2 Å². The molecule has 0 amide bonds. The summed E-state index contributed by atoms with van der Waals surface area (Å²) < 4.78 is 45.8. The van der Waals surface area contributed by atoms with Crippen molar-refractivity contribution in [3.05, 3.63) is 75.6 Å². The van der Waals surface area contributed by atoms with E-state index in [4.69, 9.17) is 9.52 Å². The van der Waals surface area contributed by atoms with Crippen molar-refractivity contribution < 1.29 is 37.3 Å². The second kappa shape index (κ2) is 7.35. The lowest BCUT2D eigenvalue weighted by Gasteiger charge is -2.14. The summed E-state index contributed by atoms with van der Waals surface area (Å²) in [5.41, 5.74) is -0.225. The maximum absolute atomic E-state index is 12.2. The fraction of sp³-hybridized carbons (Fsp3) is 0.158. The van der Waals surface area contributed by atoms with Crippen molar-refractivity contribution in [2.75, 3.05) is 0 Å². The van der Waals surface area contributed by atoms with Gasteiger partial charge in [-0.1, -0.05) is 24.3 Å². The summed E-state index contributed by atoms with van der Waals surface area (Å²) in [5, 5.41) is 19.5. The number of aliphatic hydroxyl groups is 1. The molecule has 2 aromatic carbocycles. The molecular formula is C19H13F3O6. The molecule has 3 aromatic rings. The maximum Gasteiger partial charge on any atom is 0.452 e. The van der Waals surface area contributed by atoms with Crippen LogP contribution in [-0.2, 0) is 11.2 Å². The van der Waals surface area contributed by atoms with Gasteiger partial charge in [-0.05, 0) is 29.8 Å². The number of esters is 1. The van der Waals surface area contributed by atoms with Crippen LogP contribution in [0.5, 0.6) is 5.75 Å². The van der Waals surface area contributed by atoms with E-state index in [2.05, 4.69) is 4.74 Å². The SMILES string of the molecule is O=C(O[C@@H](O)C(F)(F)F)c1ccc(Cc2c(O)c3ccccc3oc2=O)cc1. The molecule has 0 radical (unpaired) electrons. The van der Waals surface area contributed by atoms with Crippen molar-refractivity contribution in [1.29, 1.82) is 0 Å². The van der Waals surface area contributed by atoms with Crippen LogP contribution in [0.3, 0.4) is 0 Å². The second-order valence-electron chi connectivity index (χ2n) is 5.89. The number of rotatable bonds is 4. The molecular weight excluding hydrogens is 381 g/mol. The minimum atomic E-state index is -5.09. The molecule has 0 aliphatic rings. The lowest BCUT2D eigenvalue weighted by atomic mass is 10.0. The molecule has 1 atom stereocenters. The first kappa shape index (κ1) is 19.4. The normalized spacial score (nSPS) is 12.7. The Morgan fingerprint density at radius 3 is 2.39 bits per heavy atom. The third-order valence-electron chi connectivity index (χ3n) is 3.95. The van der Waals surface area contributed by atoms with E-state index in [1.54, 1.807) is 18.2 Å². The highest BCUT2D eigenvalue weighted by Gasteiger charge is 2.41. The quantitative estimate of drug-likeness (QED) is 0.401. The zero-order valence-corrected chi connectivity index (χ0v) is 14.1. The second-order valence-corrected chi connectivity index (χ2v) is 5.89. The van der Waals surface area contributed by atoms with Gasteiger partial charge in [0.2, 0.25) is 0 Å². The Labute approximate surface area is 155 Å². The van der Waals surface area contributed by atoms with Crippen molar-refractivity contribution in [2.24, 2.45) is 0 Å². The number of hydrogen-bond donors (Lipinski definition) is 2. The van der Waals surface area contributed by atoms with E-state index in [9.17, 15) is 27.9 Å². The summed E-state index contributed by atoms with van der Waals surface area (Å²) in [5.74, 6) is -1.59. The average molecular weight is 394 g/mol. The Bertz CT molecular complexity index is 1070. The van der Waals surface area contributed by atoms with Crippen LogP contribution in [0, 0.1) is 0 Å². The van der Waals surface area contributed by atoms with Gasteiger partial charge in [0.05, 0.1) is 16.5 Å². The van der Waals surface area contributed by atoms with Gasteiger partial charge in [-0.15, -0.1) is 0 Å². The highest BCUT2D eigenvalue weighted by Crippen LogP contribution is 2.27. The summed E-state index contributed by atoms with van der Waals surface area (Å²) in [6, 6.07) is 11.6. The standard InChI is InChI=1S/C19H13F3O6/c20-19(21,22)18(26)28-16(24)11-7-5-10(6-8-11)9-13-15(23)12-3-1-2-4-14(12)27-17(13)25/h1-8,18,23,26H,9H2/t18-/m1/s1. The minimum Gasteiger partial charge on any atom is -0.507 e. The summed E-state index contributed by atoms with van der Waals surface area (Å²) >= 11 is 0. The van der Waals surface area contributed by atoms with Gasteiger partial charge >= 0.3 is 17.8 Å². The van der Waals surface area contributed by atoms with E-state index in [-0.39, 0.29) is 28.9 Å². The Morgan fingerprint density at radius 2 is 1.75 bits per heavy atom. The number of alkyl halides is 3. The zero-order chi connectivity index (χ0) is 20.5. The number of carbonyl (C=O) groups excluding carboxylic acids is 1. The first-order valence-corrected chi connectivity index (χ1v) is 7.95. The molecule has 0 bridgehead atoms. The highest BCUT2D eigenvalue weighted by atomic mass is 19.4. The number of aliphatic hydroxyl groups excluding tert-OH is 1. The van der Waals surface area contributed by atoms with Crippen LogP contribution >= 0.6 is 0 Å². The van der Waals surface area contributed by atoms with Crippen molar-refractivity contribution in [1.82, 2.24) is 0 Å². The van der Waals surface area contributed by atoms with E-state index < -0.39 is 24.1 Å². The predicted octanol–water partition coefficient (Wildman–Crippen LogP) is 3.13. The summed E-state index contributed by atoms with van der Waals surface area (Å²) in [6.07, 6.45) is -8.34. The van der Waals surface area contributed by atoms with Crippen LogP contribution in [0.15, 0.2) is 57.7 Å². The molecule has 3 rings (SSSR count). The van der Waals surface area contributed by atoms with Gasteiger partial charge in [0.1, 0.15) is 11.3 Å². The highest BCUT2D eigenvalue weighted by molar-refractivity contribution is 5.89. The number of aromatic hydroxyl groups is 1. The summed E-state index contributed by atoms with van der Waals surface area (Å²) in [4.78, 5) is 23.8. The van der Waals surface area contributed by atoms with Crippen LogP contribution in [0.25, 0.3) is 11.0 Å². The number of halogens is 3. The van der Waals surface area contributed by atoms with Gasteiger partial charge in [0, 0.05) is 6.42 Å². The Kier molecular flexibility index (Phi) is 5.10. The van der Waals surface area contributed by atoms with Gasteiger partial charge in [0.15, 0.2) is 0 Å². The number of ether oxygens (including phenoxy) is 1. The maximum atomic E-state index is 12.2. The van der Waals surface area contributed by atoms with E-state index in [0.717, 1.165) is 0 Å². The first-order valence-electron chi connectivity index (χ1n) is 7.95. The molecule has 0 unspecified atom stereocenters. The van der Waals surface area contributed by atoms with Gasteiger partial charge < -0.3 is 19.4 Å². The van der Waals surface area contributed by atoms with Crippen molar-refractivity contribution in [2.45, 2.75) is 18.9 Å². The smallest absolute Gasteiger partial charge is 0.452 e. The predicted molar refractivity (Wildman–Crippen MR) is 90.9 cm³/mol. The van der Waals surface area contributed by atoms with Gasteiger partial charge in [-0.25, -0.2) is 9.59 Å². The zero-order valence-electron chi connectivity index (χ0n) is 14.1. The number of hydrogen-bond acceptors (Lipinski definition) is 6. The van der Waals surface area contributed by atoms with Gasteiger partial charge in [0.25, 0.3) is 6.29 Å². The molecule has 0 aliphatic carbocycles. The molecule has 6 nitrogen and oxygen atoms in total. The van der Waals surface area contributed by atoms with Crippen molar-refractivity contribution in [3.8, 4) is 5.75 Å². The number of fused-ring (bicyclic) bond motifs is 1. The summed E-state index contributed by atoms with van der Waals surface area (Å²) in [6.45, 7) is 0. The Balaban J connectivity index is 1.81. The van der Waals surface area contributed by atoms with Crippen LogP contribution in [-0.4, -0.2) is 28.6 Å². The largest absolute Gasteiger partial charge is 0.507 e. The number of para-hydroxylation sites is 1. The first-order chi connectivity index (χ1) is 13.2. The van der Waals surface area contributed by atoms with E-state index >= 15 is 0 Å². The molecule has 146 valence electrons. The third kappa shape index (κ3) is 3.99. The molecule has 2 N–H and O–H groups in total. The molecule has 0 saturated heterocycles. The van der Waals surface area contributed by atoms with Crippen molar-refractivity contribution >= 4 is 16.9 Å². The third-order valence-corrected chi connectivity index (χ3v) is 3.95. The van der Waals surface area contributed by atoms with Crippen LogP contribution in [0.2, 0.25) is 0 Å². The molecule has 0 fully saturated rings. The molecule has 1 aromatic heterocycles. The van der Waals surface area contributed by atoms with Crippen molar-refractivity contribution in [3.63, 3.8) is 0 Å². The molecule has 0 aliphatic heterocycles. The van der Waals surface area contributed by atoms with Crippen LogP contribution in [0.1, 0.15) is 21.5 Å².